The molecule has 0 bridgehead atoms. The number of hydrogen-bond acceptors (Lipinski definition) is 6. The number of aliphatic imine (C=N–C) groups is 1. The molecule has 0 saturated heterocycles. The van der Waals surface area contributed by atoms with E-state index in [2.05, 4.69) is 17.1 Å². The van der Waals surface area contributed by atoms with E-state index < -0.39 is 28.5 Å². The molecule has 24 heavy (non-hydrogen) atoms. The first-order valence-electron chi connectivity index (χ1n) is 7.72. The molecular formula is C17H17FN4O2. The summed E-state index contributed by atoms with van der Waals surface area (Å²) in [5, 5.41) is 19.8. The Kier molecular flexibility index (Phi) is 3.60. The first-order chi connectivity index (χ1) is 11.5. The van der Waals surface area contributed by atoms with E-state index in [1.807, 2.05) is 0 Å². The van der Waals surface area contributed by atoms with Gasteiger partial charge in [0.2, 0.25) is 0 Å². The summed E-state index contributed by atoms with van der Waals surface area (Å²) in [6.07, 6.45) is 0. The summed E-state index contributed by atoms with van der Waals surface area (Å²) in [5.74, 6) is -3.08. The summed E-state index contributed by atoms with van der Waals surface area (Å²) < 4.78 is 25.7. The molecule has 2 aliphatic rings. The lowest BCUT2D eigenvalue weighted by atomic mass is 9.93. The SMILES string of the molecule is CCOC1(OCC)N=C(N)[C@@]2(C#N)[C@@H](c3ccccc3F)[C@@]12C#N. The van der Waals surface area contributed by atoms with E-state index in [0.717, 1.165) is 0 Å². The average molecular weight is 328 g/mol. The van der Waals surface area contributed by atoms with Gasteiger partial charge in [0.25, 0.3) is 5.91 Å². The van der Waals surface area contributed by atoms with Crippen LogP contribution in [0.15, 0.2) is 29.3 Å². The standard InChI is InChI=1S/C17H17FN4O2/c1-3-23-17(24-4-2)16(10-20)13(11-7-5-6-8-12(11)18)15(16,9-19)14(21)22-17/h5-8,13H,3-4H2,1-2H3,(H2,21,22)/t13-,15-,16-/m1/s1. The zero-order valence-corrected chi connectivity index (χ0v) is 13.4. The van der Waals surface area contributed by atoms with Gasteiger partial charge in [0, 0.05) is 19.1 Å². The first-order valence-corrected chi connectivity index (χ1v) is 7.72. The Morgan fingerprint density at radius 1 is 1.21 bits per heavy atom. The molecule has 1 aliphatic carbocycles. The van der Waals surface area contributed by atoms with Crippen molar-refractivity contribution >= 4 is 5.84 Å². The predicted octanol–water partition coefficient (Wildman–Crippen LogP) is 2.04. The number of amidine groups is 1. The van der Waals surface area contributed by atoms with Gasteiger partial charge in [-0.1, -0.05) is 18.2 Å². The van der Waals surface area contributed by atoms with Crippen molar-refractivity contribution in [1.29, 1.82) is 10.5 Å². The molecule has 1 fully saturated rings. The molecule has 6 nitrogen and oxygen atoms in total. The number of halogens is 1. The summed E-state index contributed by atoms with van der Waals surface area (Å²) in [4.78, 5) is 4.20. The monoisotopic (exact) mass is 328 g/mol. The number of rotatable bonds is 5. The van der Waals surface area contributed by atoms with Gasteiger partial charge in [-0.2, -0.15) is 10.5 Å². The average Bonchev–Trinajstić information content (AvgIpc) is 3.14. The molecule has 2 N–H and O–H groups in total. The van der Waals surface area contributed by atoms with Crippen LogP contribution < -0.4 is 5.73 Å². The van der Waals surface area contributed by atoms with E-state index >= 15 is 0 Å². The van der Waals surface area contributed by atoms with Crippen LogP contribution in [0.5, 0.6) is 0 Å². The third kappa shape index (κ3) is 1.56. The second-order valence-electron chi connectivity index (χ2n) is 5.74. The Labute approximate surface area is 139 Å². The number of nitrogens with zero attached hydrogens (tertiary/aromatic N) is 3. The Morgan fingerprint density at radius 2 is 1.83 bits per heavy atom. The molecule has 1 saturated carbocycles. The molecule has 7 heteroatoms. The molecule has 0 unspecified atom stereocenters. The van der Waals surface area contributed by atoms with Gasteiger partial charge in [0.1, 0.15) is 17.1 Å². The first kappa shape index (κ1) is 16.4. The van der Waals surface area contributed by atoms with E-state index in [4.69, 9.17) is 15.2 Å². The molecule has 0 aromatic heterocycles. The maximum Gasteiger partial charge on any atom is 0.293 e. The lowest BCUT2D eigenvalue weighted by molar-refractivity contribution is -0.255. The van der Waals surface area contributed by atoms with Crippen LogP contribution in [0.25, 0.3) is 0 Å². The molecule has 124 valence electrons. The van der Waals surface area contributed by atoms with Crippen molar-refractivity contribution in [2.24, 2.45) is 21.6 Å². The molecule has 1 aliphatic heterocycles. The van der Waals surface area contributed by atoms with E-state index in [0.29, 0.717) is 0 Å². The van der Waals surface area contributed by atoms with Crippen LogP contribution >= 0.6 is 0 Å². The summed E-state index contributed by atoms with van der Waals surface area (Å²) in [6, 6.07) is 10.3. The fourth-order valence-electron chi connectivity index (χ4n) is 3.93. The molecule has 0 radical (unpaired) electrons. The maximum atomic E-state index is 14.4. The predicted molar refractivity (Wildman–Crippen MR) is 82.8 cm³/mol. The molecule has 1 aromatic rings. The van der Waals surface area contributed by atoms with Crippen LogP contribution in [0, 0.1) is 39.3 Å². The van der Waals surface area contributed by atoms with Crippen molar-refractivity contribution in [1.82, 2.24) is 0 Å². The van der Waals surface area contributed by atoms with Gasteiger partial charge in [-0.25, -0.2) is 9.38 Å². The lowest BCUT2D eigenvalue weighted by Gasteiger charge is -2.31. The summed E-state index contributed by atoms with van der Waals surface area (Å²) in [6.45, 7) is 3.85. The van der Waals surface area contributed by atoms with Crippen LogP contribution in [-0.2, 0) is 9.47 Å². The van der Waals surface area contributed by atoms with Crippen molar-refractivity contribution in [3.05, 3.63) is 35.6 Å². The number of hydrogen-bond donors (Lipinski definition) is 1. The minimum atomic E-state index is -1.71. The lowest BCUT2D eigenvalue weighted by Crippen LogP contribution is -2.43. The molecule has 3 atom stereocenters. The van der Waals surface area contributed by atoms with Crippen LogP contribution in [0.1, 0.15) is 25.3 Å². The van der Waals surface area contributed by atoms with Gasteiger partial charge in [-0.15, -0.1) is 0 Å². The quantitative estimate of drug-likeness (QED) is 0.833. The third-order valence-corrected chi connectivity index (χ3v) is 4.82. The summed E-state index contributed by atoms with van der Waals surface area (Å²) >= 11 is 0. The molecule has 1 heterocycles. The Bertz CT molecular complexity index is 791. The molecule has 1 aromatic carbocycles. The highest BCUT2D eigenvalue weighted by molar-refractivity contribution is 6.00. The maximum absolute atomic E-state index is 14.4. The third-order valence-electron chi connectivity index (χ3n) is 4.82. The minimum Gasteiger partial charge on any atom is -0.386 e. The van der Waals surface area contributed by atoms with E-state index in [9.17, 15) is 14.9 Å². The normalized spacial score (nSPS) is 32.4. The Balaban J connectivity index is 2.25. The van der Waals surface area contributed by atoms with Crippen LogP contribution in [0.2, 0.25) is 0 Å². The number of fused-ring (bicyclic) bond motifs is 1. The Hall–Kier alpha value is -2.48. The summed E-state index contributed by atoms with van der Waals surface area (Å²) in [5.41, 5.74) is 3.29. The number of benzene rings is 1. The second kappa shape index (κ2) is 5.27. The highest BCUT2D eigenvalue weighted by atomic mass is 19.1. The fraction of sp³-hybridized carbons (Fsp3) is 0.471. The van der Waals surface area contributed by atoms with E-state index in [1.165, 1.54) is 6.07 Å². The van der Waals surface area contributed by atoms with Gasteiger partial charge in [-0.3, -0.25) is 0 Å². The largest absolute Gasteiger partial charge is 0.386 e. The Morgan fingerprint density at radius 3 is 2.33 bits per heavy atom. The molecule has 0 spiro atoms. The number of nitrogens with two attached hydrogens (primary N) is 1. The van der Waals surface area contributed by atoms with Crippen LogP contribution in [0.4, 0.5) is 4.39 Å². The zero-order chi connectivity index (χ0) is 17.6. The van der Waals surface area contributed by atoms with Crippen molar-refractivity contribution in [2.75, 3.05) is 13.2 Å². The molecule has 0 amide bonds. The van der Waals surface area contributed by atoms with Gasteiger partial charge in [-0.05, 0) is 25.5 Å². The van der Waals surface area contributed by atoms with Crippen LogP contribution in [-0.4, -0.2) is 25.0 Å². The fourth-order valence-corrected chi connectivity index (χ4v) is 3.93. The van der Waals surface area contributed by atoms with Crippen LogP contribution in [0.3, 0.4) is 0 Å². The van der Waals surface area contributed by atoms with Crippen molar-refractivity contribution in [3.63, 3.8) is 0 Å². The van der Waals surface area contributed by atoms with E-state index in [-0.39, 0.29) is 24.6 Å². The highest BCUT2D eigenvalue weighted by Crippen LogP contribution is 2.82. The summed E-state index contributed by atoms with van der Waals surface area (Å²) in [7, 11) is 0. The van der Waals surface area contributed by atoms with Gasteiger partial charge < -0.3 is 15.2 Å². The number of ether oxygens (including phenoxy) is 2. The molecular weight excluding hydrogens is 311 g/mol. The number of nitriles is 2. The van der Waals surface area contributed by atoms with E-state index in [1.54, 1.807) is 32.0 Å². The highest BCUT2D eigenvalue weighted by Gasteiger charge is 2.94. The topological polar surface area (TPSA) is 104 Å². The minimum absolute atomic E-state index is 0.0540. The van der Waals surface area contributed by atoms with Crippen molar-refractivity contribution in [3.8, 4) is 12.1 Å². The zero-order valence-electron chi connectivity index (χ0n) is 13.4. The van der Waals surface area contributed by atoms with Crippen molar-refractivity contribution < 1.29 is 13.9 Å². The van der Waals surface area contributed by atoms with Gasteiger partial charge >= 0.3 is 0 Å². The molecule has 3 rings (SSSR count). The second-order valence-corrected chi connectivity index (χ2v) is 5.74. The van der Waals surface area contributed by atoms with Crippen molar-refractivity contribution in [2.45, 2.75) is 25.7 Å². The van der Waals surface area contributed by atoms with Gasteiger partial charge in [0.15, 0.2) is 5.41 Å². The van der Waals surface area contributed by atoms with Gasteiger partial charge in [0.05, 0.1) is 12.1 Å². The smallest absolute Gasteiger partial charge is 0.293 e.